The summed E-state index contributed by atoms with van der Waals surface area (Å²) < 4.78 is 15.5. The third kappa shape index (κ3) is 10.5. The lowest BCUT2D eigenvalue weighted by Gasteiger charge is -2.33. The van der Waals surface area contributed by atoms with Crippen LogP contribution in [0.3, 0.4) is 0 Å². The summed E-state index contributed by atoms with van der Waals surface area (Å²) >= 11 is 0. The maximum Gasteiger partial charge on any atom is 0.343 e. The Kier molecular flexibility index (Phi) is 12.8. The molecule has 0 saturated carbocycles. The molecule has 0 aliphatic rings. The fourth-order valence-electron chi connectivity index (χ4n) is 3.63. The Morgan fingerprint density at radius 3 is 2.24 bits per heavy atom. The van der Waals surface area contributed by atoms with Crippen LogP contribution in [0.15, 0.2) is 23.8 Å². The van der Waals surface area contributed by atoms with Gasteiger partial charge in [0, 0.05) is 0 Å². The molecule has 0 spiro atoms. The van der Waals surface area contributed by atoms with Crippen molar-refractivity contribution in [1.29, 1.82) is 0 Å². The summed E-state index contributed by atoms with van der Waals surface area (Å²) in [6.45, 7) is 10.6. The lowest BCUT2D eigenvalue weighted by atomic mass is 9.81. The van der Waals surface area contributed by atoms with Gasteiger partial charge in [0.05, 0.1) is 37.4 Å². The maximum atomic E-state index is 11.6. The van der Waals surface area contributed by atoms with E-state index in [9.17, 15) is 24.6 Å². The second-order valence-electron chi connectivity index (χ2n) is 10.3. The van der Waals surface area contributed by atoms with Gasteiger partial charge in [-0.25, -0.2) is 9.59 Å². The van der Waals surface area contributed by atoms with Crippen molar-refractivity contribution in [2.45, 2.75) is 72.1 Å². The Morgan fingerprint density at radius 1 is 1.11 bits per heavy atom. The molecular weight excluding hydrogens is 482 g/mol. The molecule has 10 heteroatoms. The minimum Gasteiger partial charge on any atom is -0.493 e. The van der Waals surface area contributed by atoms with E-state index in [1.807, 2.05) is 40.7 Å². The fourth-order valence-corrected chi connectivity index (χ4v) is 3.63. The highest BCUT2D eigenvalue weighted by Crippen LogP contribution is 2.32. The van der Waals surface area contributed by atoms with E-state index < -0.39 is 35.6 Å². The van der Waals surface area contributed by atoms with Gasteiger partial charge in [0.15, 0.2) is 18.1 Å². The molecule has 37 heavy (non-hydrogen) atoms. The number of hydrogen-bond acceptors (Lipinski definition) is 9. The molecule has 0 radical (unpaired) electrons. The first-order valence-electron chi connectivity index (χ1n) is 12.2. The molecule has 1 aromatic rings. The molecule has 0 amide bonds. The van der Waals surface area contributed by atoms with E-state index in [1.165, 1.54) is 21.1 Å². The molecule has 0 aromatic heterocycles. The fraction of sp³-hybridized carbons (Fsp3) is 0.630. The predicted molar refractivity (Wildman–Crippen MR) is 137 cm³/mol. The lowest BCUT2D eigenvalue weighted by Crippen LogP contribution is -2.47. The molecule has 0 heterocycles. The molecule has 4 atom stereocenters. The summed E-state index contributed by atoms with van der Waals surface area (Å²) in [4.78, 5) is 40.4. The van der Waals surface area contributed by atoms with Crippen molar-refractivity contribution < 1.29 is 43.6 Å². The number of aliphatic hydroxyl groups is 1. The van der Waals surface area contributed by atoms with Crippen LogP contribution in [0.25, 0.3) is 0 Å². The highest BCUT2D eigenvalue weighted by atomic mass is 16.7. The van der Waals surface area contributed by atoms with Gasteiger partial charge < -0.3 is 24.4 Å². The minimum atomic E-state index is -1.43. The minimum absolute atomic E-state index is 0.0226. The number of nitrogens with one attached hydrogen (secondary N) is 1. The van der Waals surface area contributed by atoms with Gasteiger partial charge in [-0.3, -0.25) is 9.63 Å². The summed E-state index contributed by atoms with van der Waals surface area (Å²) in [6, 6.07) is 4.63. The number of carbonyl (C=O) groups excluding carboxylic acids is 2. The van der Waals surface area contributed by atoms with Crippen LogP contribution in [-0.2, 0) is 30.4 Å². The van der Waals surface area contributed by atoms with Crippen molar-refractivity contribution in [2.75, 3.05) is 20.8 Å². The molecule has 1 rings (SSSR count). The van der Waals surface area contributed by atoms with Gasteiger partial charge in [-0.2, -0.15) is 5.48 Å². The molecule has 10 nitrogen and oxygen atoms in total. The van der Waals surface area contributed by atoms with E-state index >= 15 is 0 Å². The van der Waals surface area contributed by atoms with Crippen LogP contribution in [0.2, 0.25) is 0 Å². The Morgan fingerprint density at radius 2 is 1.76 bits per heavy atom. The van der Waals surface area contributed by atoms with Crippen LogP contribution in [-0.4, -0.2) is 66.7 Å². The number of esters is 1. The zero-order valence-electron chi connectivity index (χ0n) is 23.0. The van der Waals surface area contributed by atoms with E-state index in [2.05, 4.69) is 10.2 Å². The third-order valence-electron chi connectivity index (χ3n) is 5.97. The number of rotatable bonds is 15. The highest BCUT2D eigenvalue weighted by molar-refractivity contribution is 5.77. The van der Waals surface area contributed by atoms with E-state index in [1.54, 1.807) is 18.1 Å². The number of benzene rings is 1. The van der Waals surface area contributed by atoms with Crippen molar-refractivity contribution in [2.24, 2.45) is 17.8 Å². The topological polar surface area (TPSA) is 141 Å². The molecule has 0 bridgehead atoms. The predicted octanol–water partition coefficient (Wildman–Crippen LogP) is 2.98. The van der Waals surface area contributed by atoms with Crippen molar-refractivity contribution >= 4 is 17.9 Å². The Balaban J connectivity index is 3.25. The van der Waals surface area contributed by atoms with E-state index in [4.69, 9.17) is 14.3 Å². The van der Waals surface area contributed by atoms with Gasteiger partial charge in [-0.15, -0.1) is 0 Å². The van der Waals surface area contributed by atoms with Crippen LogP contribution >= 0.6 is 0 Å². The normalized spacial score (nSPS) is 14.8. The van der Waals surface area contributed by atoms with Gasteiger partial charge in [-0.1, -0.05) is 19.9 Å². The molecule has 0 saturated heterocycles. The van der Waals surface area contributed by atoms with E-state index in [0.717, 1.165) is 5.56 Å². The van der Waals surface area contributed by atoms with Gasteiger partial charge in [-0.05, 0) is 70.1 Å². The Labute approximate surface area is 218 Å². The van der Waals surface area contributed by atoms with Crippen LogP contribution in [0.1, 0.15) is 53.5 Å². The van der Waals surface area contributed by atoms with Crippen molar-refractivity contribution in [3.8, 4) is 11.5 Å². The standard InChI is InChI=1S/C27H41NO9/c1-16(2)19(11-18-9-10-22(34-7)23(12-18)36-15-24(30)35-8)13-21(28-37-27(4,5)6)25(31)20(14-29)17(3)26(32)33/h9-10,12,16-17,19,21,25,28,31H,11,13,15H2,1-8H3,(H,32,33)/t17-,19+,21+,25+/m1/s1. The third-order valence-corrected chi connectivity index (χ3v) is 5.97. The van der Waals surface area contributed by atoms with Crippen LogP contribution in [0.4, 0.5) is 0 Å². The van der Waals surface area contributed by atoms with Crippen LogP contribution < -0.4 is 15.0 Å². The summed E-state index contributed by atoms with van der Waals surface area (Å²) in [5, 5.41) is 20.4. The second kappa shape index (κ2) is 14.7. The van der Waals surface area contributed by atoms with Crippen LogP contribution in [0.5, 0.6) is 11.5 Å². The zero-order chi connectivity index (χ0) is 28.3. The van der Waals surface area contributed by atoms with Crippen molar-refractivity contribution in [3.63, 3.8) is 0 Å². The maximum absolute atomic E-state index is 11.6. The summed E-state index contributed by atoms with van der Waals surface area (Å²) in [6.07, 6.45) is -0.510. The van der Waals surface area contributed by atoms with Crippen molar-refractivity contribution in [3.05, 3.63) is 29.3 Å². The summed E-state index contributed by atoms with van der Waals surface area (Å²) in [5.41, 5.74) is 2.91. The molecule has 0 unspecified atom stereocenters. The molecule has 0 fully saturated rings. The number of methoxy groups -OCH3 is 2. The van der Waals surface area contributed by atoms with E-state index in [-0.39, 0.29) is 24.0 Å². The average Bonchev–Trinajstić information content (AvgIpc) is 2.83. The zero-order valence-corrected chi connectivity index (χ0v) is 23.0. The summed E-state index contributed by atoms with van der Waals surface area (Å²) in [5.74, 6) is -0.354. The van der Waals surface area contributed by atoms with E-state index in [0.29, 0.717) is 24.3 Å². The average molecular weight is 524 g/mol. The first-order valence-corrected chi connectivity index (χ1v) is 12.2. The number of carbonyl (C=O) groups is 2. The number of ether oxygens (including phenoxy) is 3. The SMILES string of the molecule is COC(=O)COc1cc(C[C@@H](C[C@H](NOC(C)(C)C)[C@@H](O)C(=C=O)[C@@H](C)C(=O)O)C(C)C)ccc1OC. The van der Waals surface area contributed by atoms with Gasteiger partial charge in [0.1, 0.15) is 12.0 Å². The van der Waals surface area contributed by atoms with Crippen LogP contribution in [0, 0.1) is 17.8 Å². The van der Waals surface area contributed by atoms with Gasteiger partial charge in [0.2, 0.25) is 0 Å². The number of hydroxylamine groups is 1. The van der Waals surface area contributed by atoms with Gasteiger partial charge >= 0.3 is 11.9 Å². The molecule has 0 aliphatic carbocycles. The van der Waals surface area contributed by atoms with Crippen molar-refractivity contribution in [1.82, 2.24) is 5.48 Å². The summed E-state index contributed by atoms with van der Waals surface area (Å²) in [7, 11) is 2.78. The Hall–Kier alpha value is -2.91. The van der Waals surface area contributed by atoms with Gasteiger partial charge in [0.25, 0.3) is 0 Å². The number of aliphatic hydroxyl groups excluding tert-OH is 1. The molecule has 1 aromatic carbocycles. The molecular formula is C27H41NO9. The molecule has 3 N–H and O–H groups in total. The largest absolute Gasteiger partial charge is 0.493 e. The molecule has 0 aliphatic heterocycles. The monoisotopic (exact) mass is 523 g/mol. The number of carboxylic acid groups (broad SMARTS) is 1. The number of hydrogen-bond donors (Lipinski definition) is 3. The number of carboxylic acids is 1. The first kappa shape index (κ1) is 32.1. The first-order chi connectivity index (χ1) is 17.2. The second-order valence-corrected chi connectivity index (χ2v) is 10.3. The lowest BCUT2D eigenvalue weighted by molar-refractivity contribution is -0.143. The number of aliphatic carboxylic acids is 1. The smallest absolute Gasteiger partial charge is 0.343 e. The quantitative estimate of drug-likeness (QED) is 0.178. The Bertz CT molecular complexity index is 948. The molecule has 208 valence electrons. The highest BCUT2D eigenvalue weighted by Gasteiger charge is 2.34.